The molecule has 1 heterocycles. The Bertz CT molecular complexity index is 794. The van der Waals surface area contributed by atoms with Crippen molar-refractivity contribution >= 4 is 33.4 Å². The van der Waals surface area contributed by atoms with E-state index in [1.165, 1.54) is 5.56 Å². The summed E-state index contributed by atoms with van der Waals surface area (Å²) in [5.74, 6) is 0.866. The Hall–Kier alpha value is -1.71. The average Bonchev–Trinajstić information content (AvgIpc) is 2.88. The molecule has 0 unspecified atom stereocenters. The third kappa shape index (κ3) is 2.92. The molecule has 3 nitrogen and oxygen atoms in total. The summed E-state index contributed by atoms with van der Waals surface area (Å²) in [5, 5.41) is 6.25. The molecule has 0 fully saturated rings. The van der Waals surface area contributed by atoms with Crippen LogP contribution in [0.4, 0.5) is 0 Å². The molecule has 2 N–H and O–H groups in total. The first kappa shape index (κ1) is 15.2. The normalized spacial score (nSPS) is 11.4. The van der Waals surface area contributed by atoms with Crippen molar-refractivity contribution in [2.24, 2.45) is 0 Å². The summed E-state index contributed by atoms with van der Waals surface area (Å²) in [7, 11) is 0. The van der Waals surface area contributed by atoms with Crippen LogP contribution in [0, 0.1) is 6.92 Å². The molecule has 3 aromatic rings. The van der Waals surface area contributed by atoms with E-state index in [2.05, 4.69) is 42.3 Å². The minimum atomic E-state index is 0.693. The van der Waals surface area contributed by atoms with Crippen molar-refractivity contribution in [2.75, 3.05) is 19.7 Å². The van der Waals surface area contributed by atoms with Gasteiger partial charge in [0.25, 0.3) is 0 Å². The first-order valence-electron chi connectivity index (χ1n) is 7.74. The molecule has 2 aromatic carbocycles. The predicted octanol–water partition coefficient (Wildman–Crippen LogP) is 4.66. The van der Waals surface area contributed by atoms with Crippen LogP contribution in [0.3, 0.4) is 0 Å². The summed E-state index contributed by atoms with van der Waals surface area (Å²) >= 11 is 6.42. The summed E-state index contributed by atoms with van der Waals surface area (Å²) < 4.78 is 5.95. The van der Waals surface area contributed by atoms with Gasteiger partial charge in [-0.3, -0.25) is 0 Å². The summed E-state index contributed by atoms with van der Waals surface area (Å²) in [6.07, 6.45) is 0.983. The van der Waals surface area contributed by atoms with Gasteiger partial charge in [0.15, 0.2) is 0 Å². The topological polar surface area (TPSA) is 37.0 Å². The molecule has 0 atom stereocenters. The largest absolute Gasteiger partial charge is 0.491 e. The standard InChI is InChI=1S/C18H21ClN2O/c1-3-20-9-4-10-22-16-8-6-14(19)17-13-11-12(2)5-7-15(13)21-18(16)17/h5-8,11,20-21H,3-4,9-10H2,1-2H3. The van der Waals surface area contributed by atoms with Crippen molar-refractivity contribution in [1.29, 1.82) is 0 Å². The number of rotatable bonds is 6. The number of halogens is 1. The van der Waals surface area contributed by atoms with E-state index in [1.807, 2.05) is 12.1 Å². The average molecular weight is 317 g/mol. The molecule has 0 aliphatic rings. The molecule has 0 bridgehead atoms. The van der Waals surface area contributed by atoms with Gasteiger partial charge in [-0.15, -0.1) is 0 Å². The quantitative estimate of drug-likeness (QED) is 0.649. The van der Waals surface area contributed by atoms with Crippen LogP contribution >= 0.6 is 11.6 Å². The smallest absolute Gasteiger partial charge is 0.143 e. The molecule has 22 heavy (non-hydrogen) atoms. The molecule has 116 valence electrons. The summed E-state index contributed by atoms with van der Waals surface area (Å²) in [6, 6.07) is 10.2. The van der Waals surface area contributed by atoms with Crippen LogP contribution in [-0.4, -0.2) is 24.7 Å². The maximum absolute atomic E-state index is 6.42. The molecule has 0 amide bonds. The van der Waals surface area contributed by atoms with Crippen LogP contribution in [0.2, 0.25) is 5.02 Å². The Morgan fingerprint density at radius 3 is 2.91 bits per heavy atom. The van der Waals surface area contributed by atoms with Crippen molar-refractivity contribution < 1.29 is 4.74 Å². The number of ether oxygens (including phenoxy) is 1. The van der Waals surface area contributed by atoms with E-state index in [4.69, 9.17) is 16.3 Å². The monoisotopic (exact) mass is 316 g/mol. The number of aromatic nitrogens is 1. The van der Waals surface area contributed by atoms with E-state index in [0.717, 1.165) is 52.1 Å². The minimum absolute atomic E-state index is 0.693. The minimum Gasteiger partial charge on any atom is -0.491 e. The Balaban J connectivity index is 1.94. The molecular formula is C18H21ClN2O. The maximum Gasteiger partial charge on any atom is 0.143 e. The first-order chi connectivity index (χ1) is 10.7. The Morgan fingerprint density at radius 1 is 1.23 bits per heavy atom. The highest BCUT2D eigenvalue weighted by molar-refractivity contribution is 6.38. The number of H-pyrrole nitrogens is 1. The van der Waals surface area contributed by atoms with Crippen molar-refractivity contribution in [3.63, 3.8) is 0 Å². The zero-order valence-corrected chi connectivity index (χ0v) is 13.8. The van der Waals surface area contributed by atoms with E-state index in [-0.39, 0.29) is 0 Å². The summed E-state index contributed by atoms with van der Waals surface area (Å²) in [5.41, 5.74) is 3.30. The Kier molecular flexibility index (Phi) is 4.55. The van der Waals surface area contributed by atoms with Gasteiger partial charge in [0.2, 0.25) is 0 Å². The molecule has 3 rings (SSSR count). The molecule has 0 aliphatic heterocycles. The van der Waals surface area contributed by atoms with E-state index in [0.29, 0.717) is 6.61 Å². The fourth-order valence-corrected chi connectivity index (χ4v) is 2.99. The Morgan fingerprint density at radius 2 is 2.09 bits per heavy atom. The number of benzene rings is 2. The molecule has 4 heteroatoms. The number of hydrogen-bond donors (Lipinski definition) is 2. The van der Waals surface area contributed by atoms with E-state index < -0.39 is 0 Å². The second-order valence-corrected chi connectivity index (χ2v) is 5.93. The predicted molar refractivity (Wildman–Crippen MR) is 94.2 cm³/mol. The highest BCUT2D eigenvalue weighted by Crippen LogP contribution is 2.37. The SMILES string of the molecule is CCNCCCOc1ccc(Cl)c2c1[nH]c1ccc(C)cc12. The fourth-order valence-electron chi connectivity index (χ4n) is 2.73. The van der Waals surface area contributed by atoms with Gasteiger partial charge in [-0.25, -0.2) is 0 Å². The number of aryl methyl sites for hydroxylation is 1. The molecule has 1 aromatic heterocycles. The van der Waals surface area contributed by atoms with Crippen LogP contribution in [0.1, 0.15) is 18.9 Å². The van der Waals surface area contributed by atoms with Gasteiger partial charge in [0.1, 0.15) is 5.75 Å². The molecule has 0 radical (unpaired) electrons. The van der Waals surface area contributed by atoms with E-state index in [1.54, 1.807) is 0 Å². The van der Waals surface area contributed by atoms with Crippen LogP contribution < -0.4 is 10.1 Å². The summed E-state index contributed by atoms with van der Waals surface area (Å²) in [4.78, 5) is 3.44. The Labute approximate surface area is 135 Å². The van der Waals surface area contributed by atoms with Gasteiger partial charge >= 0.3 is 0 Å². The molecule has 0 aliphatic carbocycles. The lowest BCUT2D eigenvalue weighted by atomic mass is 10.1. The summed E-state index contributed by atoms with van der Waals surface area (Å²) in [6.45, 7) is 6.85. The van der Waals surface area contributed by atoms with Crippen LogP contribution in [0.15, 0.2) is 30.3 Å². The van der Waals surface area contributed by atoms with Crippen molar-refractivity contribution in [3.05, 3.63) is 40.9 Å². The first-order valence-corrected chi connectivity index (χ1v) is 8.12. The fraction of sp³-hybridized carbons (Fsp3) is 0.333. The van der Waals surface area contributed by atoms with Crippen LogP contribution in [-0.2, 0) is 0 Å². The third-order valence-electron chi connectivity index (χ3n) is 3.83. The van der Waals surface area contributed by atoms with Crippen molar-refractivity contribution in [3.8, 4) is 5.75 Å². The van der Waals surface area contributed by atoms with Crippen LogP contribution in [0.25, 0.3) is 21.8 Å². The second kappa shape index (κ2) is 6.59. The van der Waals surface area contributed by atoms with Gasteiger partial charge in [0.05, 0.1) is 17.1 Å². The molecule has 0 spiro atoms. The zero-order chi connectivity index (χ0) is 15.5. The zero-order valence-electron chi connectivity index (χ0n) is 13.0. The van der Waals surface area contributed by atoms with Crippen molar-refractivity contribution in [2.45, 2.75) is 20.3 Å². The van der Waals surface area contributed by atoms with Gasteiger partial charge in [-0.05, 0) is 50.7 Å². The number of hydrogen-bond acceptors (Lipinski definition) is 2. The molecular weight excluding hydrogens is 296 g/mol. The third-order valence-corrected chi connectivity index (χ3v) is 4.14. The number of aromatic amines is 1. The lowest BCUT2D eigenvalue weighted by molar-refractivity contribution is 0.312. The van der Waals surface area contributed by atoms with E-state index in [9.17, 15) is 0 Å². The van der Waals surface area contributed by atoms with Gasteiger partial charge < -0.3 is 15.0 Å². The van der Waals surface area contributed by atoms with Crippen molar-refractivity contribution in [1.82, 2.24) is 10.3 Å². The molecule has 0 saturated carbocycles. The number of nitrogens with one attached hydrogen (secondary N) is 2. The second-order valence-electron chi connectivity index (χ2n) is 5.53. The number of fused-ring (bicyclic) bond motifs is 3. The van der Waals surface area contributed by atoms with E-state index >= 15 is 0 Å². The van der Waals surface area contributed by atoms with Gasteiger partial charge in [0, 0.05) is 16.3 Å². The van der Waals surface area contributed by atoms with Gasteiger partial charge in [-0.1, -0.05) is 30.2 Å². The lowest BCUT2D eigenvalue weighted by Crippen LogP contribution is -2.16. The van der Waals surface area contributed by atoms with Gasteiger partial charge in [-0.2, -0.15) is 0 Å². The van der Waals surface area contributed by atoms with Crippen LogP contribution in [0.5, 0.6) is 5.75 Å². The molecule has 0 saturated heterocycles. The highest BCUT2D eigenvalue weighted by atomic mass is 35.5. The maximum atomic E-state index is 6.42. The highest BCUT2D eigenvalue weighted by Gasteiger charge is 2.12. The lowest BCUT2D eigenvalue weighted by Gasteiger charge is -2.08.